The van der Waals surface area contributed by atoms with Crippen LogP contribution in [-0.4, -0.2) is 16.2 Å². The lowest BCUT2D eigenvalue weighted by Gasteiger charge is -2.19. The summed E-state index contributed by atoms with van der Waals surface area (Å²) in [7, 11) is 0. The Bertz CT molecular complexity index is 585. The van der Waals surface area contributed by atoms with E-state index in [9.17, 15) is 5.11 Å². The highest BCUT2D eigenvalue weighted by Gasteiger charge is 2.46. The van der Waals surface area contributed by atoms with Gasteiger partial charge in [-0.05, 0) is 50.8 Å². The maximum Gasteiger partial charge on any atom is 0.0707 e. The first-order chi connectivity index (χ1) is 8.61. The molecule has 1 aliphatic carbocycles. The van der Waals surface area contributed by atoms with Crippen molar-refractivity contribution in [3.05, 3.63) is 41.6 Å². The topological polar surface area (TPSA) is 33.1 Å². The van der Waals surface area contributed by atoms with E-state index in [1.165, 1.54) is 10.9 Å². The summed E-state index contributed by atoms with van der Waals surface area (Å²) in [6, 6.07) is 10.5. The molecule has 1 atom stereocenters. The monoisotopic (exact) mass is 241 g/mol. The van der Waals surface area contributed by atoms with Gasteiger partial charge in [0, 0.05) is 16.5 Å². The van der Waals surface area contributed by atoms with Crippen molar-refractivity contribution in [2.45, 2.75) is 39.2 Å². The zero-order valence-corrected chi connectivity index (χ0v) is 11.0. The van der Waals surface area contributed by atoms with Crippen molar-refractivity contribution in [2.75, 3.05) is 0 Å². The van der Waals surface area contributed by atoms with Gasteiger partial charge in [0.25, 0.3) is 0 Å². The molecule has 18 heavy (non-hydrogen) atoms. The van der Waals surface area contributed by atoms with Crippen LogP contribution in [0.2, 0.25) is 0 Å². The van der Waals surface area contributed by atoms with Crippen LogP contribution in [0.25, 0.3) is 10.9 Å². The normalized spacial score (nSPS) is 18.8. The molecule has 0 amide bonds. The standard InChI is InChI=1S/C16H19NO/c1-11-9-13(10-16(7-8-16)12(2)18)14-5-3-4-6-15(14)17-11/h3-6,9,12,18H,7-8,10H2,1-2H3. The van der Waals surface area contributed by atoms with Gasteiger partial charge in [-0.1, -0.05) is 18.2 Å². The quantitative estimate of drug-likeness (QED) is 0.894. The summed E-state index contributed by atoms with van der Waals surface area (Å²) >= 11 is 0. The molecular weight excluding hydrogens is 222 g/mol. The second kappa shape index (κ2) is 4.06. The Kier molecular flexibility index (Phi) is 2.63. The maximum atomic E-state index is 9.93. The highest BCUT2D eigenvalue weighted by molar-refractivity contribution is 5.82. The fourth-order valence-electron chi connectivity index (χ4n) is 2.82. The molecule has 0 radical (unpaired) electrons. The van der Waals surface area contributed by atoms with Gasteiger partial charge in [0.1, 0.15) is 0 Å². The molecule has 1 unspecified atom stereocenters. The fraction of sp³-hybridized carbons (Fsp3) is 0.438. The van der Waals surface area contributed by atoms with Crippen LogP contribution in [0.5, 0.6) is 0 Å². The van der Waals surface area contributed by atoms with Crippen LogP contribution < -0.4 is 0 Å². The van der Waals surface area contributed by atoms with Crippen LogP contribution >= 0.6 is 0 Å². The summed E-state index contributed by atoms with van der Waals surface area (Å²) in [5, 5.41) is 11.2. The molecule has 0 saturated heterocycles. The van der Waals surface area contributed by atoms with Crippen molar-refractivity contribution in [2.24, 2.45) is 5.41 Å². The van der Waals surface area contributed by atoms with Crippen LogP contribution in [0.3, 0.4) is 0 Å². The highest BCUT2D eigenvalue weighted by atomic mass is 16.3. The minimum Gasteiger partial charge on any atom is -0.393 e. The first-order valence-corrected chi connectivity index (χ1v) is 6.64. The highest BCUT2D eigenvalue weighted by Crippen LogP contribution is 2.51. The second-order valence-electron chi connectivity index (χ2n) is 5.66. The second-order valence-corrected chi connectivity index (χ2v) is 5.66. The molecule has 0 aliphatic heterocycles. The summed E-state index contributed by atoms with van der Waals surface area (Å²) in [6.45, 7) is 3.96. The van der Waals surface area contributed by atoms with Crippen molar-refractivity contribution in [1.29, 1.82) is 0 Å². The van der Waals surface area contributed by atoms with Crippen LogP contribution in [-0.2, 0) is 6.42 Å². The summed E-state index contributed by atoms with van der Waals surface area (Å²) in [6.07, 6.45) is 3.03. The molecule has 2 nitrogen and oxygen atoms in total. The Morgan fingerprint density at radius 1 is 1.33 bits per heavy atom. The molecule has 2 heteroatoms. The third-order valence-electron chi connectivity index (χ3n) is 4.25. The average Bonchev–Trinajstić information content (AvgIpc) is 3.10. The van der Waals surface area contributed by atoms with Crippen LogP contribution in [0.1, 0.15) is 31.0 Å². The molecule has 0 spiro atoms. The number of aliphatic hydroxyl groups is 1. The maximum absolute atomic E-state index is 9.93. The van der Waals surface area contributed by atoms with Crippen molar-refractivity contribution in [3.8, 4) is 0 Å². The summed E-state index contributed by atoms with van der Waals surface area (Å²) < 4.78 is 0. The van der Waals surface area contributed by atoms with Gasteiger partial charge in [-0.3, -0.25) is 4.98 Å². The minimum atomic E-state index is -0.218. The lowest BCUT2D eigenvalue weighted by atomic mass is 9.90. The van der Waals surface area contributed by atoms with Crippen LogP contribution in [0.15, 0.2) is 30.3 Å². The summed E-state index contributed by atoms with van der Waals surface area (Å²) in [4.78, 5) is 4.57. The molecule has 1 saturated carbocycles. The van der Waals surface area contributed by atoms with E-state index in [1.807, 2.05) is 19.9 Å². The van der Waals surface area contributed by atoms with Gasteiger partial charge < -0.3 is 5.11 Å². The number of nitrogens with zero attached hydrogens (tertiary/aromatic N) is 1. The predicted molar refractivity (Wildman–Crippen MR) is 73.5 cm³/mol. The van der Waals surface area contributed by atoms with Crippen LogP contribution in [0.4, 0.5) is 0 Å². The SMILES string of the molecule is Cc1cc(CC2(C(C)O)CC2)c2ccccc2n1. The van der Waals surface area contributed by atoms with E-state index in [0.717, 1.165) is 30.5 Å². The lowest BCUT2D eigenvalue weighted by molar-refractivity contribution is 0.110. The number of aliphatic hydroxyl groups excluding tert-OH is 1. The van der Waals surface area contributed by atoms with Crippen molar-refractivity contribution < 1.29 is 5.11 Å². The van der Waals surface area contributed by atoms with Gasteiger partial charge >= 0.3 is 0 Å². The van der Waals surface area contributed by atoms with E-state index in [1.54, 1.807) is 0 Å². The van der Waals surface area contributed by atoms with E-state index in [0.29, 0.717) is 0 Å². The van der Waals surface area contributed by atoms with Gasteiger partial charge in [0.2, 0.25) is 0 Å². The molecule has 1 fully saturated rings. The van der Waals surface area contributed by atoms with E-state index < -0.39 is 0 Å². The molecule has 94 valence electrons. The molecule has 3 rings (SSSR count). The number of aryl methyl sites for hydroxylation is 1. The molecule has 1 aromatic heterocycles. The van der Waals surface area contributed by atoms with E-state index in [4.69, 9.17) is 0 Å². The van der Waals surface area contributed by atoms with Crippen LogP contribution in [0, 0.1) is 12.3 Å². The zero-order valence-electron chi connectivity index (χ0n) is 11.0. The number of hydrogen-bond acceptors (Lipinski definition) is 2. The molecule has 1 N–H and O–H groups in total. The predicted octanol–water partition coefficient (Wildman–Crippen LogP) is 3.25. The van der Waals surface area contributed by atoms with E-state index in [-0.39, 0.29) is 11.5 Å². The summed E-state index contributed by atoms with van der Waals surface area (Å²) in [5.41, 5.74) is 3.58. The minimum absolute atomic E-state index is 0.122. The third-order valence-corrected chi connectivity index (χ3v) is 4.25. The van der Waals surface area contributed by atoms with Gasteiger partial charge in [-0.15, -0.1) is 0 Å². The fourth-order valence-corrected chi connectivity index (χ4v) is 2.82. The number of pyridine rings is 1. The van der Waals surface area contributed by atoms with Gasteiger partial charge in [0.05, 0.1) is 11.6 Å². The van der Waals surface area contributed by atoms with Gasteiger partial charge in [-0.25, -0.2) is 0 Å². The first-order valence-electron chi connectivity index (χ1n) is 6.64. The summed E-state index contributed by atoms with van der Waals surface area (Å²) in [5.74, 6) is 0. The number of benzene rings is 1. The van der Waals surface area contributed by atoms with Gasteiger partial charge in [-0.2, -0.15) is 0 Å². The van der Waals surface area contributed by atoms with E-state index >= 15 is 0 Å². The molecule has 1 heterocycles. The molecule has 0 bridgehead atoms. The number of rotatable bonds is 3. The Morgan fingerprint density at radius 3 is 2.72 bits per heavy atom. The smallest absolute Gasteiger partial charge is 0.0707 e. The largest absolute Gasteiger partial charge is 0.393 e. The molecule has 2 aromatic rings. The third kappa shape index (κ3) is 1.91. The number of hydrogen-bond donors (Lipinski definition) is 1. The molecular formula is C16H19NO. The van der Waals surface area contributed by atoms with E-state index in [2.05, 4.69) is 29.2 Å². The Labute approximate surface area is 108 Å². The Hall–Kier alpha value is -1.41. The molecule has 1 aliphatic rings. The lowest BCUT2D eigenvalue weighted by Crippen LogP contribution is -2.20. The Morgan fingerprint density at radius 2 is 2.06 bits per heavy atom. The average molecular weight is 241 g/mol. The molecule has 1 aromatic carbocycles. The van der Waals surface area contributed by atoms with Crippen molar-refractivity contribution in [3.63, 3.8) is 0 Å². The van der Waals surface area contributed by atoms with Crippen molar-refractivity contribution >= 4 is 10.9 Å². The van der Waals surface area contributed by atoms with Gasteiger partial charge in [0.15, 0.2) is 0 Å². The number of para-hydroxylation sites is 1. The van der Waals surface area contributed by atoms with Crippen molar-refractivity contribution in [1.82, 2.24) is 4.98 Å². The number of aromatic nitrogens is 1. The first kappa shape index (κ1) is 11.7. The zero-order chi connectivity index (χ0) is 12.8. The Balaban J connectivity index is 2.06. The number of fused-ring (bicyclic) bond motifs is 1.